The van der Waals surface area contributed by atoms with Gasteiger partial charge in [-0.05, 0) is 38.1 Å². The van der Waals surface area contributed by atoms with Gasteiger partial charge in [0.2, 0.25) is 23.6 Å². The SMILES string of the molecule is CC(C)C[C@H](NC(=O)CN)C(=O)NCC(=O)NCC(=O)N[C@@H](CCCCN)C(=O)O. The molecular formula is C18H34N6O6. The highest BCUT2D eigenvalue weighted by molar-refractivity contribution is 5.92. The molecular weight excluding hydrogens is 396 g/mol. The van der Waals surface area contributed by atoms with Gasteiger partial charge in [0.25, 0.3) is 0 Å². The Labute approximate surface area is 175 Å². The van der Waals surface area contributed by atoms with Crippen LogP contribution in [0, 0.1) is 5.92 Å². The van der Waals surface area contributed by atoms with Crippen LogP contribution in [0.3, 0.4) is 0 Å². The minimum absolute atomic E-state index is 0.114. The quantitative estimate of drug-likeness (QED) is 0.137. The Bertz CT molecular complexity index is 598. The molecule has 2 atom stereocenters. The molecule has 9 N–H and O–H groups in total. The Balaban J connectivity index is 4.43. The van der Waals surface area contributed by atoms with E-state index in [0.717, 1.165) is 0 Å². The summed E-state index contributed by atoms with van der Waals surface area (Å²) in [6.07, 6.45) is 1.78. The normalized spacial score (nSPS) is 12.6. The molecule has 30 heavy (non-hydrogen) atoms. The molecule has 0 saturated heterocycles. The first kappa shape index (κ1) is 27.3. The molecule has 12 nitrogen and oxygen atoms in total. The average molecular weight is 431 g/mol. The summed E-state index contributed by atoms with van der Waals surface area (Å²) in [7, 11) is 0. The second kappa shape index (κ2) is 15.2. The summed E-state index contributed by atoms with van der Waals surface area (Å²) in [5, 5.41) is 18.6. The predicted molar refractivity (Wildman–Crippen MR) is 109 cm³/mol. The first-order chi connectivity index (χ1) is 14.1. The van der Waals surface area contributed by atoms with Crippen molar-refractivity contribution in [2.24, 2.45) is 17.4 Å². The van der Waals surface area contributed by atoms with E-state index in [0.29, 0.717) is 25.8 Å². The molecule has 0 rings (SSSR count). The lowest BCUT2D eigenvalue weighted by Crippen LogP contribution is -2.51. The molecule has 0 aliphatic heterocycles. The Morgan fingerprint density at radius 3 is 1.97 bits per heavy atom. The number of carbonyl (C=O) groups is 5. The fourth-order valence-electron chi connectivity index (χ4n) is 2.48. The van der Waals surface area contributed by atoms with Crippen LogP contribution in [0.5, 0.6) is 0 Å². The van der Waals surface area contributed by atoms with E-state index in [1.165, 1.54) is 0 Å². The Morgan fingerprint density at radius 2 is 1.43 bits per heavy atom. The number of rotatable bonds is 15. The van der Waals surface area contributed by atoms with Gasteiger partial charge in [-0.3, -0.25) is 19.2 Å². The van der Waals surface area contributed by atoms with Gasteiger partial charge >= 0.3 is 5.97 Å². The number of hydrogen-bond donors (Lipinski definition) is 7. The molecule has 0 heterocycles. The van der Waals surface area contributed by atoms with Crippen LogP contribution in [0.25, 0.3) is 0 Å². The fourth-order valence-corrected chi connectivity index (χ4v) is 2.48. The van der Waals surface area contributed by atoms with Crippen molar-refractivity contribution in [3.05, 3.63) is 0 Å². The number of nitrogens with one attached hydrogen (secondary N) is 4. The average Bonchev–Trinajstić information content (AvgIpc) is 2.68. The van der Waals surface area contributed by atoms with E-state index in [1.54, 1.807) is 0 Å². The van der Waals surface area contributed by atoms with Crippen LogP contribution in [0.1, 0.15) is 39.5 Å². The molecule has 0 aromatic rings. The zero-order valence-corrected chi connectivity index (χ0v) is 17.5. The first-order valence-electron chi connectivity index (χ1n) is 9.86. The maximum atomic E-state index is 12.2. The van der Waals surface area contributed by atoms with Crippen LogP contribution in [-0.4, -0.2) is 73.0 Å². The van der Waals surface area contributed by atoms with Crippen molar-refractivity contribution in [1.82, 2.24) is 21.3 Å². The van der Waals surface area contributed by atoms with Crippen molar-refractivity contribution >= 4 is 29.6 Å². The summed E-state index contributed by atoms with van der Waals surface area (Å²) in [4.78, 5) is 58.6. The molecule has 0 unspecified atom stereocenters. The molecule has 12 heteroatoms. The van der Waals surface area contributed by atoms with E-state index < -0.39 is 54.8 Å². The van der Waals surface area contributed by atoms with Gasteiger partial charge in [0, 0.05) is 0 Å². The van der Waals surface area contributed by atoms with E-state index in [2.05, 4.69) is 21.3 Å². The lowest BCUT2D eigenvalue weighted by Gasteiger charge is -2.19. The Morgan fingerprint density at radius 1 is 0.833 bits per heavy atom. The summed E-state index contributed by atoms with van der Waals surface area (Å²) in [6, 6.07) is -1.90. The summed E-state index contributed by atoms with van der Waals surface area (Å²) in [5.74, 6) is -3.39. The van der Waals surface area contributed by atoms with Gasteiger partial charge in [-0.15, -0.1) is 0 Å². The maximum Gasteiger partial charge on any atom is 0.326 e. The molecule has 172 valence electrons. The lowest BCUT2D eigenvalue weighted by atomic mass is 10.0. The van der Waals surface area contributed by atoms with Crippen LogP contribution >= 0.6 is 0 Å². The van der Waals surface area contributed by atoms with Crippen molar-refractivity contribution < 1.29 is 29.1 Å². The molecule has 0 aromatic heterocycles. The zero-order valence-electron chi connectivity index (χ0n) is 17.5. The summed E-state index contributed by atoms with van der Waals surface area (Å²) >= 11 is 0. The maximum absolute atomic E-state index is 12.2. The van der Waals surface area contributed by atoms with Gasteiger partial charge < -0.3 is 37.8 Å². The number of carbonyl (C=O) groups excluding carboxylic acids is 4. The van der Waals surface area contributed by atoms with Crippen LogP contribution in [-0.2, 0) is 24.0 Å². The summed E-state index contributed by atoms with van der Waals surface area (Å²) < 4.78 is 0. The number of hydrogen-bond acceptors (Lipinski definition) is 7. The van der Waals surface area contributed by atoms with E-state index in [1.807, 2.05) is 13.8 Å². The highest BCUT2D eigenvalue weighted by Gasteiger charge is 2.22. The third kappa shape index (κ3) is 12.7. The first-order valence-corrected chi connectivity index (χ1v) is 9.86. The number of aliphatic carboxylic acids is 1. The second-order valence-electron chi connectivity index (χ2n) is 7.19. The van der Waals surface area contributed by atoms with Crippen molar-refractivity contribution in [3.8, 4) is 0 Å². The Hall–Kier alpha value is -2.73. The lowest BCUT2D eigenvalue weighted by molar-refractivity contribution is -0.142. The third-order valence-electron chi connectivity index (χ3n) is 3.99. The Kier molecular flexibility index (Phi) is 13.8. The van der Waals surface area contributed by atoms with Crippen LogP contribution in [0.2, 0.25) is 0 Å². The number of carboxylic acids is 1. The summed E-state index contributed by atoms with van der Waals surface area (Å²) in [5.41, 5.74) is 10.6. The van der Waals surface area contributed by atoms with Crippen LogP contribution < -0.4 is 32.7 Å². The van der Waals surface area contributed by atoms with Gasteiger partial charge in [-0.25, -0.2) is 4.79 Å². The molecule has 0 radical (unpaired) electrons. The highest BCUT2D eigenvalue weighted by Crippen LogP contribution is 2.05. The van der Waals surface area contributed by atoms with Crippen molar-refractivity contribution in [1.29, 1.82) is 0 Å². The van der Waals surface area contributed by atoms with Gasteiger partial charge in [0.15, 0.2) is 0 Å². The minimum atomic E-state index is -1.17. The molecule has 0 aliphatic rings. The van der Waals surface area contributed by atoms with Gasteiger partial charge in [-0.1, -0.05) is 13.8 Å². The number of amides is 4. The number of unbranched alkanes of at least 4 members (excludes halogenated alkanes) is 1. The van der Waals surface area contributed by atoms with Crippen LogP contribution in [0.4, 0.5) is 0 Å². The second-order valence-corrected chi connectivity index (χ2v) is 7.19. The molecule has 0 fully saturated rings. The minimum Gasteiger partial charge on any atom is -0.480 e. The third-order valence-corrected chi connectivity index (χ3v) is 3.99. The highest BCUT2D eigenvalue weighted by atomic mass is 16.4. The van der Waals surface area contributed by atoms with Crippen LogP contribution in [0.15, 0.2) is 0 Å². The fraction of sp³-hybridized carbons (Fsp3) is 0.722. The standard InChI is InChI=1S/C18H34N6O6/c1-11(2)7-13(24-14(25)8-20)17(28)22-9-15(26)21-10-16(27)23-12(18(29)30)5-3-4-6-19/h11-13H,3-10,19-20H2,1-2H3,(H,21,26)(H,22,28)(H,23,27)(H,24,25)(H,29,30)/t12-,13-/m0/s1. The van der Waals surface area contributed by atoms with E-state index >= 15 is 0 Å². The van der Waals surface area contributed by atoms with Crippen molar-refractivity contribution in [3.63, 3.8) is 0 Å². The predicted octanol–water partition coefficient (Wildman–Crippen LogP) is -2.59. The van der Waals surface area contributed by atoms with E-state index in [9.17, 15) is 24.0 Å². The summed E-state index contributed by atoms with van der Waals surface area (Å²) in [6.45, 7) is 3.07. The van der Waals surface area contributed by atoms with Crippen molar-refractivity contribution in [2.75, 3.05) is 26.2 Å². The molecule has 4 amide bonds. The monoisotopic (exact) mass is 430 g/mol. The topological polar surface area (TPSA) is 206 Å². The molecule has 0 aliphatic carbocycles. The van der Waals surface area contributed by atoms with Gasteiger partial charge in [0.1, 0.15) is 12.1 Å². The molecule has 0 saturated carbocycles. The van der Waals surface area contributed by atoms with E-state index in [-0.39, 0.29) is 18.9 Å². The zero-order chi connectivity index (χ0) is 23.1. The number of carboxylic acid groups (broad SMARTS) is 1. The molecule has 0 spiro atoms. The largest absolute Gasteiger partial charge is 0.480 e. The van der Waals surface area contributed by atoms with Gasteiger partial charge in [0.05, 0.1) is 19.6 Å². The molecule has 0 bridgehead atoms. The van der Waals surface area contributed by atoms with Crippen molar-refractivity contribution in [2.45, 2.75) is 51.6 Å². The van der Waals surface area contributed by atoms with Gasteiger partial charge in [-0.2, -0.15) is 0 Å². The smallest absolute Gasteiger partial charge is 0.326 e. The number of nitrogens with two attached hydrogens (primary N) is 2. The molecule has 0 aromatic carbocycles. The van der Waals surface area contributed by atoms with E-state index in [4.69, 9.17) is 16.6 Å².